The Morgan fingerprint density at radius 1 is 1.04 bits per heavy atom. The van der Waals surface area contributed by atoms with Crippen molar-refractivity contribution in [1.82, 2.24) is 4.57 Å². The topological polar surface area (TPSA) is 65.1 Å². The minimum Gasteiger partial charge on any atom is -0.341 e. The van der Waals surface area contributed by atoms with Gasteiger partial charge in [-0.3, -0.25) is 14.9 Å². The average molecular weight is 306 g/mol. The van der Waals surface area contributed by atoms with E-state index in [2.05, 4.69) is 6.07 Å². The van der Waals surface area contributed by atoms with Crippen LogP contribution in [0.5, 0.6) is 0 Å². The third-order valence-electron chi connectivity index (χ3n) is 4.58. The van der Waals surface area contributed by atoms with Crippen molar-refractivity contribution in [3.05, 3.63) is 63.8 Å². The van der Waals surface area contributed by atoms with Crippen LogP contribution in [0.1, 0.15) is 22.5 Å². The number of non-ortho nitro benzene ring substituents is 1. The van der Waals surface area contributed by atoms with E-state index in [1.54, 1.807) is 12.1 Å². The van der Waals surface area contributed by atoms with E-state index in [9.17, 15) is 14.9 Å². The quantitative estimate of drug-likeness (QED) is 0.533. The largest absolute Gasteiger partial charge is 0.341 e. The molecule has 0 atom stereocenters. The number of hydrogen-bond acceptors (Lipinski definition) is 3. The summed E-state index contributed by atoms with van der Waals surface area (Å²) in [6, 6.07) is 12.6. The Kier molecular flexibility index (Phi) is 2.84. The predicted molar refractivity (Wildman–Crippen MR) is 87.7 cm³/mol. The van der Waals surface area contributed by atoms with E-state index < -0.39 is 4.92 Å². The molecule has 1 aromatic heterocycles. The van der Waals surface area contributed by atoms with E-state index in [1.165, 1.54) is 12.1 Å². The van der Waals surface area contributed by atoms with Crippen LogP contribution in [0.2, 0.25) is 0 Å². The summed E-state index contributed by atoms with van der Waals surface area (Å²) in [5.41, 5.74) is 5.01. The van der Waals surface area contributed by atoms with E-state index in [0.29, 0.717) is 6.42 Å². The minimum atomic E-state index is -0.400. The molecule has 0 saturated heterocycles. The maximum atomic E-state index is 12.0. The van der Waals surface area contributed by atoms with E-state index in [4.69, 9.17) is 0 Å². The number of ketones is 1. The van der Waals surface area contributed by atoms with Crippen molar-refractivity contribution >= 4 is 22.4 Å². The zero-order chi connectivity index (χ0) is 16.1. The molecule has 4 rings (SSSR count). The first kappa shape index (κ1) is 13.7. The van der Waals surface area contributed by atoms with Gasteiger partial charge in [-0.1, -0.05) is 6.07 Å². The number of aromatic nitrogens is 1. The highest BCUT2D eigenvalue weighted by molar-refractivity contribution is 6.06. The van der Waals surface area contributed by atoms with Gasteiger partial charge in [-0.15, -0.1) is 0 Å². The third-order valence-corrected chi connectivity index (χ3v) is 4.58. The predicted octanol–water partition coefficient (Wildman–Crippen LogP) is 3.88. The summed E-state index contributed by atoms with van der Waals surface area (Å²) in [4.78, 5) is 22.4. The number of nitro benzene ring substituents is 1. The van der Waals surface area contributed by atoms with Crippen LogP contribution in [-0.2, 0) is 13.5 Å². The van der Waals surface area contributed by atoms with Crippen molar-refractivity contribution < 1.29 is 9.72 Å². The molecule has 23 heavy (non-hydrogen) atoms. The van der Waals surface area contributed by atoms with Gasteiger partial charge in [0, 0.05) is 36.5 Å². The van der Waals surface area contributed by atoms with Gasteiger partial charge in [-0.25, -0.2) is 0 Å². The minimum absolute atomic E-state index is 0.0843. The lowest BCUT2D eigenvalue weighted by molar-refractivity contribution is -0.384. The second kappa shape index (κ2) is 4.78. The summed E-state index contributed by atoms with van der Waals surface area (Å²) < 4.78 is 1.97. The number of carbonyl (C=O) groups is 1. The van der Waals surface area contributed by atoms with Gasteiger partial charge in [0.2, 0.25) is 0 Å². The first-order valence-electron chi connectivity index (χ1n) is 7.45. The Labute approximate surface area is 132 Å². The summed E-state index contributed by atoms with van der Waals surface area (Å²) >= 11 is 0. The number of carbonyl (C=O) groups excluding carboxylic acids is 1. The molecule has 0 aliphatic heterocycles. The molecule has 1 aliphatic carbocycles. The van der Waals surface area contributed by atoms with Gasteiger partial charge in [-0.2, -0.15) is 0 Å². The molecule has 0 radical (unpaired) electrons. The number of aryl methyl sites for hydroxylation is 2. The first-order valence-corrected chi connectivity index (χ1v) is 7.45. The van der Waals surface area contributed by atoms with E-state index in [-0.39, 0.29) is 11.5 Å². The van der Waals surface area contributed by atoms with Gasteiger partial charge in [0.1, 0.15) is 0 Å². The molecule has 3 aromatic rings. The van der Waals surface area contributed by atoms with E-state index in [1.807, 2.05) is 23.7 Å². The molecule has 1 heterocycles. The van der Waals surface area contributed by atoms with Crippen LogP contribution in [0.3, 0.4) is 0 Å². The molecule has 0 saturated carbocycles. The van der Waals surface area contributed by atoms with Crippen LogP contribution in [0.15, 0.2) is 42.5 Å². The molecule has 5 nitrogen and oxygen atoms in total. The number of fused-ring (bicyclic) bond motifs is 3. The fraction of sp³-hybridized carbons (Fsp3) is 0.167. The summed E-state index contributed by atoms with van der Waals surface area (Å²) in [6.07, 6.45) is 1.37. The van der Waals surface area contributed by atoms with Gasteiger partial charge in [0.25, 0.3) is 5.69 Å². The Morgan fingerprint density at radius 3 is 2.43 bits per heavy atom. The number of nitrogens with zero attached hydrogens (tertiary/aromatic N) is 2. The number of hydrogen-bond donors (Lipinski definition) is 0. The van der Waals surface area contributed by atoms with Crippen LogP contribution in [0.4, 0.5) is 5.69 Å². The van der Waals surface area contributed by atoms with Crippen molar-refractivity contribution in [1.29, 1.82) is 0 Å². The number of Topliss-reactive ketones (excluding diaryl/α,β-unsaturated/α-hetero) is 1. The van der Waals surface area contributed by atoms with Crippen LogP contribution < -0.4 is 0 Å². The van der Waals surface area contributed by atoms with Gasteiger partial charge < -0.3 is 4.57 Å². The van der Waals surface area contributed by atoms with Crippen molar-refractivity contribution in [3.8, 4) is 11.1 Å². The lowest BCUT2D eigenvalue weighted by atomic mass is 10.0. The standard InChI is InChI=1S/C18H14N2O3/c1-19-16-8-4-12(11-2-5-13(6-3-11)20(22)23)10-15(16)14-7-9-17(21)18(14)19/h2-6,8,10H,7,9H2,1H3. The Balaban J connectivity index is 1.86. The number of nitro groups is 1. The molecule has 1 aliphatic rings. The molecule has 0 spiro atoms. The smallest absolute Gasteiger partial charge is 0.269 e. The zero-order valence-corrected chi connectivity index (χ0v) is 12.6. The number of rotatable bonds is 2. The highest BCUT2D eigenvalue weighted by Gasteiger charge is 2.26. The molecular weight excluding hydrogens is 292 g/mol. The van der Waals surface area contributed by atoms with E-state index >= 15 is 0 Å². The molecule has 0 bridgehead atoms. The Bertz CT molecular complexity index is 968. The fourth-order valence-electron chi connectivity index (χ4n) is 3.44. The fourth-order valence-corrected chi connectivity index (χ4v) is 3.44. The third kappa shape index (κ3) is 1.97. The second-order valence-electron chi connectivity index (χ2n) is 5.85. The van der Waals surface area contributed by atoms with E-state index in [0.717, 1.165) is 39.7 Å². The maximum Gasteiger partial charge on any atom is 0.269 e. The van der Waals surface area contributed by atoms with Crippen molar-refractivity contribution in [2.24, 2.45) is 7.05 Å². The Hall–Kier alpha value is -2.95. The van der Waals surface area contributed by atoms with Crippen molar-refractivity contribution in [2.75, 3.05) is 0 Å². The Morgan fingerprint density at radius 2 is 1.74 bits per heavy atom. The first-order chi connectivity index (χ1) is 11.1. The molecule has 5 heteroatoms. The lowest BCUT2D eigenvalue weighted by Gasteiger charge is -2.04. The number of benzene rings is 2. The molecule has 0 fully saturated rings. The zero-order valence-electron chi connectivity index (χ0n) is 12.6. The SMILES string of the molecule is Cn1c2c(c3cc(-c4ccc([N+](=O)[O-])cc4)ccc31)CCC2=O. The molecule has 114 valence electrons. The van der Waals surface area contributed by atoms with Crippen LogP contribution in [0.25, 0.3) is 22.0 Å². The summed E-state index contributed by atoms with van der Waals surface area (Å²) in [7, 11) is 1.93. The highest BCUT2D eigenvalue weighted by Crippen LogP contribution is 2.35. The molecule has 2 aromatic carbocycles. The summed E-state index contributed by atoms with van der Waals surface area (Å²) in [5.74, 6) is 0.204. The summed E-state index contributed by atoms with van der Waals surface area (Å²) in [5, 5.41) is 11.9. The maximum absolute atomic E-state index is 12.0. The monoisotopic (exact) mass is 306 g/mol. The highest BCUT2D eigenvalue weighted by atomic mass is 16.6. The average Bonchev–Trinajstić information content (AvgIpc) is 3.07. The second-order valence-corrected chi connectivity index (χ2v) is 5.85. The van der Waals surface area contributed by atoms with Crippen molar-refractivity contribution in [3.63, 3.8) is 0 Å². The van der Waals surface area contributed by atoms with Gasteiger partial charge in [-0.05, 0) is 47.4 Å². The van der Waals surface area contributed by atoms with Crippen molar-refractivity contribution in [2.45, 2.75) is 12.8 Å². The van der Waals surface area contributed by atoms with Gasteiger partial charge in [0.15, 0.2) is 5.78 Å². The molecule has 0 N–H and O–H groups in total. The van der Waals surface area contributed by atoms with Crippen LogP contribution in [-0.4, -0.2) is 15.3 Å². The van der Waals surface area contributed by atoms with Crippen LogP contribution in [0, 0.1) is 10.1 Å². The lowest BCUT2D eigenvalue weighted by Crippen LogP contribution is -2.00. The molecular formula is C18H14N2O3. The van der Waals surface area contributed by atoms with Crippen LogP contribution >= 0.6 is 0 Å². The summed E-state index contributed by atoms with van der Waals surface area (Å²) in [6.45, 7) is 0. The molecule has 0 unspecified atom stereocenters. The van der Waals surface area contributed by atoms with Gasteiger partial charge in [0.05, 0.1) is 10.6 Å². The van der Waals surface area contributed by atoms with Gasteiger partial charge >= 0.3 is 0 Å². The molecule has 0 amide bonds. The normalized spacial score (nSPS) is 13.5.